The number of ketones is 2. The van der Waals surface area contributed by atoms with Crippen LogP contribution < -0.4 is 0 Å². The van der Waals surface area contributed by atoms with Gasteiger partial charge < -0.3 is 0 Å². The predicted octanol–water partition coefficient (Wildman–Crippen LogP) is 3.06. The van der Waals surface area contributed by atoms with E-state index in [4.69, 9.17) is 0 Å². The van der Waals surface area contributed by atoms with Crippen LogP contribution >= 0.6 is 0 Å². The molecule has 0 saturated heterocycles. The molecular weight excluding hydrogens is 188 g/mol. The summed E-state index contributed by atoms with van der Waals surface area (Å²) < 4.78 is 0. The third kappa shape index (κ3) is 2.36. The maximum atomic E-state index is 12.1. The summed E-state index contributed by atoms with van der Waals surface area (Å²) >= 11 is 0. The Hall–Kier alpha value is -0.920. The first-order valence-electron chi connectivity index (χ1n) is 5.77. The van der Waals surface area contributed by atoms with Gasteiger partial charge in [0.25, 0.3) is 0 Å². The quantitative estimate of drug-likeness (QED) is 0.527. The van der Waals surface area contributed by atoms with E-state index in [1.54, 1.807) is 6.92 Å². The molecule has 0 heterocycles. The standard InChI is InChI=1S/C13H20O2/c1-4-5-7-11-8-6-9-13(3,10(2)14)12(11)15/h7H,4-6,8-9H2,1-3H3/b11-7+/t13-/m1/s1. The molecule has 0 aliphatic heterocycles. The van der Waals surface area contributed by atoms with Gasteiger partial charge in [0.1, 0.15) is 5.78 Å². The molecule has 0 spiro atoms. The predicted molar refractivity (Wildman–Crippen MR) is 60.6 cm³/mol. The summed E-state index contributed by atoms with van der Waals surface area (Å²) in [6.07, 6.45) is 6.52. The number of carbonyl (C=O) groups excluding carboxylic acids is 2. The molecule has 1 aliphatic rings. The number of rotatable bonds is 3. The summed E-state index contributed by atoms with van der Waals surface area (Å²) in [6.45, 7) is 5.41. The van der Waals surface area contributed by atoms with Crippen molar-refractivity contribution in [2.24, 2.45) is 5.41 Å². The molecule has 0 unspecified atom stereocenters. The zero-order valence-electron chi connectivity index (χ0n) is 9.93. The summed E-state index contributed by atoms with van der Waals surface area (Å²) in [6, 6.07) is 0. The first-order valence-corrected chi connectivity index (χ1v) is 5.77. The van der Waals surface area contributed by atoms with Crippen LogP contribution in [0, 0.1) is 5.41 Å². The van der Waals surface area contributed by atoms with Crippen LogP contribution in [0.1, 0.15) is 52.9 Å². The molecule has 1 saturated carbocycles. The van der Waals surface area contributed by atoms with Crippen LogP contribution in [0.5, 0.6) is 0 Å². The lowest BCUT2D eigenvalue weighted by atomic mass is 9.70. The summed E-state index contributed by atoms with van der Waals surface area (Å²) in [7, 11) is 0. The van der Waals surface area contributed by atoms with Gasteiger partial charge in [0.15, 0.2) is 5.78 Å². The van der Waals surface area contributed by atoms with E-state index in [2.05, 4.69) is 6.92 Å². The molecular formula is C13H20O2. The van der Waals surface area contributed by atoms with Crippen LogP contribution in [0.3, 0.4) is 0 Å². The minimum absolute atomic E-state index is 0.00889. The lowest BCUT2D eigenvalue weighted by Gasteiger charge is -2.30. The van der Waals surface area contributed by atoms with E-state index in [1.807, 2.05) is 6.08 Å². The Kier molecular flexibility index (Phi) is 3.83. The Labute approximate surface area is 91.7 Å². The van der Waals surface area contributed by atoms with Gasteiger partial charge in [0.2, 0.25) is 0 Å². The van der Waals surface area contributed by atoms with Gasteiger partial charge in [-0.3, -0.25) is 9.59 Å². The van der Waals surface area contributed by atoms with Crippen LogP contribution in [0.2, 0.25) is 0 Å². The summed E-state index contributed by atoms with van der Waals surface area (Å²) in [4.78, 5) is 23.6. The molecule has 1 fully saturated rings. The van der Waals surface area contributed by atoms with E-state index in [0.29, 0.717) is 6.42 Å². The molecule has 0 bridgehead atoms. The van der Waals surface area contributed by atoms with Crippen molar-refractivity contribution in [3.63, 3.8) is 0 Å². The normalized spacial score (nSPS) is 29.5. The molecule has 1 rings (SSSR count). The molecule has 84 valence electrons. The minimum atomic E-state index is -0.738. The monoisotopic (exact) mass is 208 g/mol. The van der Waals surface area contributed by atoms with Crippen molar-refractivity contribution >= 4 is 11.6 Å². The molecule has 0 aromatic heterocycles. The highest BCUT2D eigenvalue weighted by Gasteiger charge is 2.41. The van der Waals surface area contributed by atoms with Crippen molar-refractivity contribution in [3.8, 4) is 0 Å². The molecule has 1 atom stereocenters. The Balaban J connectivity index is 2.89. The highest BCUT2D eigenvalue weighted by molar-refractivity contribution is 6.13. The number of unbranched alkanes of at least 4 members (excludes halogenated alkanes) is 1. The maximum absolute atomic E-state index is 12.1. The SMILES string of the molecule is CCC/C=C1\CCC[C@](C)(C(C)=O)C1=O. The second-order valence-electron chi connectivity index (χ2n) is 4.59. The van der Waals surface area contributed by atoms with Crippen LogP contribution in [-0.2, 0) is 9.59 Å². The third-order valence-electron chi connectivity index (χ3n) is 3.37. The van der Waals surface area contributed by atoms with E-state index >= 15 is 0 Å². The lowest BCUT2D eigenvalue weighted by molar-refractivity contribution is -0.137. The fourth-order valence-electron chi connectivity index (χ4n) is 2.06. The first-order chi connectivity index (χ1) is 7.02. The van der Waals surface area contributed by atoms with Crippen LogP contribution in [-0.4, -0.2) is 11.6 Å². The average molecular weight is 208 g/mol. The van der Waals surface area contributed by atoms with E-state index in [0.717, 1.165) is 31.3 Å². The van der Waals surface area contributed by atoms with Crippen molar-refractivity contribution in [2.45, 2.75) is 52.9 Å². The molecule has 0 radical (unpaired) electrons. The average Bonchev–Trinajstić information content (AvgIpc) is 2.20. The molecule has 2 heteroatoms. The Morgan fingerprint density at radius 3 is 2.73 bits per heavy atom. The molecule has 0 aromatic carbocycles. The second-order valence-corrected chi connectivity index (χ2v) is 4.59. The van der Waals surface area contributed by atoms with Crippen LogP contribution in [0.15, 0.2) is 11.6 Å². The molecule has 1 aliphatic carbocycles. The summed E-state index contributed by atoms with van der Waals surface area (Å²) in [5.41, 5.74) is 0.137. The van der Waals surface area contributed by atoms with Gasteiger partial charge in [-0.25, -0.2) is 0 Å². The van der Waals surface area contributed by atoms with E-state index in [1.165, 1.54) is 6.92 Å². The van der Waals surface area contributed by atoms with Gasteiger partial charge in [-0.1, -0.05) is 19.4 Å². The van der Waals surface area contributed by atoms with Crippen molar-refractivity contribution < 1.29 is 9.59 Å². The van der Waals surface area contributed by atoms with Crippen molar-refractivity contribution in [3.05, 3.63) is 11.6 Å². The van der Waals surface area contributed by atoms with E-state index in [-0.39, 0.29) is 11.6 Å². The van der Waals surface area contributed by atoms with Gasteiger partial charge in [0.05, 0.1) is 5.41 Å². The molecule has 0 amide bonds. The highest BCUT2D eigenvalue weighted by atomic mass is 16.2. The smallest absolute Gasteiger partial charge is 0.171 e. The van der Waals surface area contributed by atoms with Crippen molar-refractivity contribution in [1.82, 2.24) is 0 Å². The fraction of sp³-hybridized carbons (Fsp3) is 0.692. The number of hydrogen-bond acceptors (Lipinski definition) is 2. The zero-order valence-corrected chi connectivity index (χ0v) is 9.93. The van der Waals surface area contributed by atoms with Gasteiger partial charge in [-0.2, -0.15) is 0 Å². The summed E-state index contributed by atoms with van der Waals surface area (Å²) in [5.74, 6) is 0.0734. The van der Waals surface area contributed by atoms with Gasteiger partial charge in [0, 0.05) is 0 Å². The second kappa shape index (κ2) is 4.73. The molecule has 15 heavy (non-hydrogen) atoms. The van der Waals surface area contributed by atoms with Gasteiger partial charge in [-0.05, 0) is 45.1 Å². The molecule has 0 N–H and O–H groups in total. The van der Waals surface area contributed by atoms with Gasteiger partial charge >= 0.3 is 0 Å². The molecule has 0 aromatic rings. The van der Waals surface area contributed by atoms with E-state index < -0.39 is 5.41 Å². The van der Waals surface area contributed by atoms with Gasteiger partial charge in [-0.15, -0.1) is 0 Å². The summed E-state index contributed by atoms with van der Waals surface area (Å²) in [5, 5.41) is 0. The Morgan fingerprint density at radius 2 is 2.20 bits per heavy atom. The highest BCUT2D eigenvalue weighted by Crippen LogP contribution is 2.36. The number of Topliss-reactive ketones (excluding diaryl/α,β-unsaturated/α-hetero) is 2. The van der Waals surface area contributed by atoms with E-state index in [9.17, 15) is 9.59 Å². The third-order valence-corrected chi connectivity index (χ3v) is 3.37. The van der Waals surface area contributed by atoms with Crippen LogP contribution in [0.4, 0.5) is 0 Å². The maximum Gasteiger partial charge on any atom is 0.171 e. The molecule has 2 nitrogen and oxygen atoms in total. The minimum Gasteiger partial charge on any atom is -0.299 e. The van der Waals surface area contributed by atoms with Crippen molar-refractivity contribution in [1.29, 1.82) is 0 Å². The number of hydrogen-bond donors (Lipinski definition) is 0. The number of carbonyl (C=O) groups is 2. The topological polar surface area (TPSA) is 34.1 Å². The Bertz CT molecular complexity index is 302. The zero-order chi connectivity index (χ0) is 11.5. The first kappa shape index (κ1) is 12.2. The van der Waals surface area contributed by atoms with Crippen molar-refractivity contribution in [2.75, 3.05) is 0 Å². The number of allylic oxidation sites excluding steroid dienone is 2. The lowest BCUT2D eigenvalue weighted by Crippen LogP contribution is -2.38. The van der Waals surface area contributed by atoms with Crippen LogP contribution in [0.25, 0.3) is 0 Å². The fourth-order valence-corrected chi connectivity index (χ4v) is 2.06. The largest absolute Gasteiger partial charge is 0.299 e. The Morgan fingerprint density at radius 1 is 1.53 bits per heavy atom.